The number of hydrogen-bond acceptors (Lipinski definition) is 3. The number of nitrogens with zero attached hydrogens (tertiary/aromatic N) is 1. The number of nitrogens with two attached hydrogens (primary N) is 1. The fourth-order valence-corrected chi connectivity index (χ4v) is 2.66. The van der Waals surface area contributed by atoms with Gasteiger partial charge < -0.3 is 15.6 Å². The van der Waals surface area contributed by atoms with Crippen LogP contribution in [0.2, 0.25) is 0 Å². The van der Waals surface area contributed by atoms with Gasteiger partial charge in [0.1, 0.15) is 6.54 Å². The molecule has 0 bridgehead atoms. The Labute approximate surface area is 112 Å². The highest BCUT2D eigenvalue weighted by atomic mass is 16.2. The predicted octanol–water partition coefficient (Wildman–Crippen LogP) is 1.13. The van der Waals surface area contributed by atoms with Crippen LogP contribution in [0.4, 0.5) is 5.69 Å². The van der Waals surface area contributed by atoms with Gasteiger partial charge in [-0.25, -0.2) is 0 Å². The molecule has 0 saturated heterocycles. The predicted molar refractivity (Wildman–Crippen MR) is 74.7 cm³/mol. The van der Waals surface area contributed by atoms with Gasteiger partial charge in [0, 0.05) is 24.0 Å². The van der Waals surface area contributed by atoms with Crippen molar-refractivity contribution in [2.75, 3.05) is 5.73 Å². The van der Waals surface area contributed by atoms with E-state index in [9.17, 15) is 9.59 Å². The van der Waals surface area contributed by atoms with Gasteiger partial charge in [0.05, 0.1) is 0 Å². The Kier molecular flexibility index (Phi) is 3.64. The molecule has 1 unspecified atom stereocenters. The van der Waals surface area contributed by atoms with E-state index in [1.54, 1.807) is 0 Å². The fourth-order valence-electron chi connectivity index (χ4n) is 2.66. The van der Waals surface area contributed by atoms with E-state index < -0.39 is 0 Å². The Bertz CT molecular complexity index is 534. The standard InChI is InChI=1S/C14H21N3O2/c1-14(2)7-3-4-11(14)16-12(18)9-17-8-10(15)5-6-13(17)19/h5-6,8,11H,3-4,7,9,15H2,1-2H3,(H,16,18). The first-order valence-corrected chi connectivity index (χ1v) is 6.64. The monoisotopic (exact) mass is 263 g/mol. The van der Waals surface area contributed by atoms with E-state index in [0.717, 1.165) is 19.3 Å². The normalized spacial score (nSPS) is 21.3. The summed E-state index contributed by atoms with van der Waals surface area (Å²) in [6.07, 6.45) is 4.76. The Balaban J connectivity index is 2.02. The van der Waals surface area contributed by atoms with Crippen LogP contribution in [0.3, 0.4) is 0 Å². The molecule has 5 nitrogen and oxygen atoms in total. The zero-order chi connectivity index (χ0) is 14.0. The number of pyridine rings is 1. The lowest BCUT2D eigenvalue weighted by atomic mass is 9.87. The van der Waals surface area contributed by atoms with Gasteiger partial charge in [0.25, 0.3) is 5.56 Å². The molecule has 1 aliphatic rings. The first-order chi connectivity index (χ1) is 8.88. The number of carbonyl (C=O) groups is 1. The maximum Gasteiger partial charge on any atom is 0.251 e. The zero-order valence-corrected chi connectivity index (χ0v) is 11.5. The van der Waals surface area contributed by atoms with E-state index in [1.807, 2.05) is 0 Å². The Morgan fingerprint density at radius 3 is 2.89 bits per heavy atom. The van der Waals surface area contributed by atoms with Crippen molar-refractivity contribution in [2.45, 2.75) is 45.7 Å². The van der Waals surface area contributed by atoms with Crippen molar-refractivity contribution >= 4 is 11.6 Å². The zero-order valence-electron chi connectivity index (χ0n) is 11.5. The van der Waals surface area contributed by atoms with Crippen LogP contribution < -0.4 is 16.6 Å². The molecule has 0 spiro atoms. The molecule has 1 aliphatic carbocycles. The fraction of sp³-hybridized carbons (Fsp3) is 0.571. The third kappa shape index (κ3) is 3.16. The van der Waals surface area contributed by atoms with Crippen LogP contribution in [-0.2, 0) is 11.3 Å². The molecule has 1 heterocycles. The van der Waals surface area contributed by atoms with Crippen molar-refractivity contribution in [1.82, 2.24) is 9.88 Å². The van der Waals surface area contributed by atoms with Gasteiger partial charge in [0.2, 0.25) is 5.91 Å². The summed E-state index contributed by atoms with van der Waals surface area (Å²) < 4.78 is 1.34. The van der Waals surface area contributed by atoms with Crippen molar-refractivity contribution < 1.29 is 4.79 Å². The molecule has 1 fully saturated rings. The van der Waals surface area contributed by atoms with Crippen molar-refractivity contribution in [3.8, 4) is 0 Å². The van der Waals surface area contributed by atoms with Crippen LogP contribution in [0.5, 0.6) is 0 Å². The second-order valence-corrected chi connectivity index (χ2v) is 5.93. The molecule has 0 aromatic carbocycles. The second kappa shape index (κ2) is 5.07. The molecule has 1 amide bonds. The van der Waals surface area contributed by atoms with Gasteiger partial charge >= 0.3 is 0 Å². The van der Waals surface area contributed by atoms with E-state index >= 15 is 0 Å². The molecule has 1 atom stereocenters. The summed E-state index contributed by atoms with van der Waals surface area (Å²) >= 11 is 0. The minimum atomic E-state index is -0.213. The largest absolute Gasteiger partial charge is 0.398 e. The first-order valence-electron chi connectivity index (χ1n) is 6.64. The smallest absolute Gasteiger partial charge is 0.251 e. The van der Waals surface area contributed by atoms with Crippen molar-refractivity contribution in [2.24, 2.45) is 5.41 Å². The van der Waals surface area contributed by atoms with Gasteiger partial charge in [0.15, 0.2) is 0 Å². The van der Waals surface area contributed by atoms with Crippen molar-refractivity contribution in [3.63, 3.8) is 0 Å². The molecule has 19 heavy (non-hydrogen) atoms. The molecular formula is C14H21N3O2. The Hall–Kier alpha value is -1.78. The van der Waals surface area contributed by atoms with Crippen molar-refractivity contribution in [3.05, 3.63) is 28.7 Å². The van der Waals surface area contributed by atoms with E-state index in [-0.39, 0.29) is 29.5 Å². The maximum absolute atomic E-state index is 12.0. The number of anilines is 1. The molecule has 0 radical (unpaired) electrons. The van der Waals surface area contributed by atoms with Gasteiger partial charge in [-0.05, 0) is 24.3 Å². The molecule has 1 aromatic rings. The molecule has 104 valence electrons. The summed E-state index contributed by atoms with van der Waals surface area (Å²) in [6.45, 7) is 4.35. The highest BCUT2D eigenvalue weighted by Gasteiger charge is 2.35. The summed E-state index contributed by atoms with van der Waals surface area (Å²) in [5, 5.41) is 3.02. The van der Waals surface area contributed by atoms with Gasteiger partial charge in [-0.3, -0.25) is 9.59 Å². The lowest BCUT2D eigenvalue weighted by Crippen LogP contribution is -2.43. The number of aromatic nitrogens is 1. The number of hydrogen-bond donors (Lipinski definition) is 2. The lowest BCUT2D eigenvalue weighted by molar-refractivity contribution is -0.123. The van der Waals surface area contributed by atoms with Crippen molar-refractivity contribution in [1.29, 1.82) is 0 Å². The van der Waals surface area contributed by atoms with Crippen LogP contribution in [0.25, 0.3) is 0 Å². The second-order valence-electron chi connectivity index (χ2n) is 5.93. The van der Waals surface area contributed by atoms with Gasteiger partial charge in [-0.15, -0.1) is 0 Å². The third-order valence-electron chi connectivity index (χ3n) is 3.91. The molecule has 0 aliphatic heterocycles. The summed E-state index contributed by atoms with van der Waals surface area (Å²) in [5.74, 6) is -0.132. The van der Waals surface area contributed by atoms with Crippen LogP contribution in [-0.4, -0.2) is 16.5 Å². The lowest BCUT2D eigenvalue weighted by Gasteiger charge is -2.27. The van der Waals surface area contributed by atoms with E-state index in [0.29, 0.717) is 5.69 Å². The average Bonchev–Trinajstić information content (AvgIpc) is 2.63. The molecule has 3 N–H and O–H groups in total. The quantitative estimate of drug-likeness (QED) is 0.858. The number of rotatable bonds is 3. The topological polar surface area (TPSA) is 77.1 Å². The SMILES string of the molecule is CC1(C)CCCC1NC(=O)Cn1cc(N)ccc1=O. The summed E-state index contributed by atoms with van der Waals surface area (Å²) in [5.41, 5.74) is 6.02. The summed E-state index contributed by atoms with van der Waals surface area (Å²) in [4.78, 5) is 23.6. The molecule has 5 heteroatoms. The molecule has 2 rings (SSSR count). The van der Waals surface area contributed by atoms with Gasteiger partial charge in [-0.2, -0.15) is 0 Å². The highest BCUT2D eigenvalue weighted by molar-refractivity contribution is 5.76. The summed E-state index contributed by atoms with van der Waals surface area (Å²) in [6, 6.07) is 3.11. The Morgan fingerprint density at radius 1 is 1.53 bits per heavy atom. The highest BCUT2D eigenvalue weighted by Crippen LogP contribution is 2.37. The molecular weight excluding hydrogens is 242 g/mol. The minimum Gasteiger partial charge on any atom is -0.398 e. The maximum atomic E-state index is 12.0. The first kappa shape index (κ1) is 13.6. The van der Waals surface area contributed by atoms with Crippen LogP contribution in [0.15, 0.2) is 23.1 Å². The van der Waals surface area contributed by atoms with Gasteiger partial charge in [-0.1, -0.05) is 20.3 Å². The van der Waals surface area contributed by atoms with E-state index in [1.165, 1.54) is 22.9 Å². The molecule has 1 saturated carbocycles. The van der Waals surface area contributed by atoms with E-state index in [4.69, 9.17) is 5.73 Å². The number of amides is 1. The minimum absolute atomic E-state index is 0.0243. The number of carbonyl (C=O) groups excluding carboxylic acids is 1. The van der Waals surface area contributed by atoms with E-state index in [2.05, 4.69) is 19.2 Å². The Morgan fingerprint density at radius 2 is 2.26 bits per heavy atom. The third-order valence-corrected chi connectivity index (χ3v) is 3.91. The number of nitrogen functional groups attached to an aromatic ring is 1. The number of nitrogens with one attached hydrogen (secondary N) is 1. The van der Waals surface area contributed by atoms with Crippen LogP contribution in [0, 0.1) is 5.41 Å². The average molecular weight is 263 g/mol. The van der Waals surface area contributed by atoms with Crippen LogP contribution >= 0.6 is 0 Å². The van der Waals surface area contributed by atoms with Crippen LogP contribution in [0.1, 0.15) is 33.1 Å². The molecule has 1 aromatic heterocycles. The summed E-state index contributed by atoms with van der Waals surface area (Å²) in [7, 11) is 0.